The van der Waals surface area contributed by atoms with E-state index in [-0.39, 0.29) is 18.7 Å². The Hall–Kier alpha value is -2.22. The summed E-state index contributed by atoms with van der Waals surface area (Å²) >= 11 is 3.50. The van der Waals surface area contributed by atoms with Gasteiger partial charge < -0.3 is 24.8 Å². The van der Waals surface area contributed by atoms with Gasteiger partial charge in [-0.15, -0.1) is 0 Å². The van der Waals surface area contributed by atoms with Crippen LogP contribution < -0.4 is 20.1 Å². The molecule has 146 valence electrons. The van der Waals surface area contributed by atoms with E-state index in [1.54, 1.807) is 19.1 Å². The molecule has 2 N–H and O–H groups in total. The van der Waals surface area contributed by atoms with Gasteiger partial charge in [-0.25, -0.2) is 9.59 Å². The number of halogens is 1. The van der Waals surface area contributed by atoms with Crippen LogP contribution in [0.4, 0.5) is 4.79 Å². The summed E-state index contributed by atoms with van der Waals surface area (Å²) in [5.41, 5.74) is 1.54. The first-order valence-electron chi connectivity index (χ1n) is 8.95. The molecule has 0 fully saturated rings. The second-order valence-electron chi connectivity index (χ2n) is 6.79. The molecule has 2 aliphatic heterocycles. The number of carbonyl (C=O) groups is 2. The average Bonchev–Trinajstić information content (AvgIpc) is 3.05. The van der Waals surface area contributed by atoms with E-state index in [0.29, 0.717) is 39.4 Å². The fourth-order valence-electron chi connectivity index (χ4n) is 3.22. The van der Waals surface area contributed by atoms with Crippen molar-refractivity contribution in [3.8, 4) is 11.5 Å². The van der Waals surface area contributed by atoms with Crippen molar-refractivity contribution in [3.63, 3.8) is 0 Å². The highest BCUT2D eigenvalue weighted by Crippen LogP contribution is 2.41. The van der Waals surface area contributed by atoms with E-state index in [2.05, 4.69) is 33.5 Å². The molecule has 2 aliphatic rings. The number of fused-ring (bicyclic) bond motifs is 1. The predicted octanol–water partition coefficient (Wildman–Crippen LogP) is 3.79. The zero-order chi connectivity index (χ0) is 19.6. The van der Waals surface area contributed by atoms with Crippen LogP contribution in [-0.4, -0.2) is 25.4 Å². The molecule has 0 saturated heterocycles. The molecule has 0 unspecified atom stereocenters. The van der Waals surface area contributed by atoms with Gasteiger partial charge in [0.2, 0.25) is 6.79 Å². The van der Waals surface area contributed by atoms with Crippen LogP contribution in [0.2, 0.25) is 0 Å². The third-order valence-corrected chi connectivity index (χ3v) is 5.26. The highest BCUT2D eigenvalue weighted by atomic mass is 79.9. The molecule has 7 nitrogen and oxygen atoms in total. The monoisotopic (exact) mass is 438 g/mol. The smallest absolute Gasteiger partial charge is 0.338 e. The Labute approximate surface area is 166 Å². The van der Waals surface area contributed by atoms with E-state index in [1.165, 1.54) is 0 Å². The van der Waals surface area contributed by atoms with E-state index >= 15 is 0 Å². The van der Waals surface area contributed by atoms with Crippen LogP contribution in [0, 0.1) is 5.92 Å². The predicted molar refractivity (Wildman–Crippen MR) is 102 cm³/mol. The molecule has 0 bridgehead atoms. The highest BCUT2D eigenvalue weighted by Gasteiger charge is 2.34. The minimum Gasteiger partial charge on any atom is -0.462 e. The van der Waals surface area contributed by atoms with E-state index in [4.69, 9.17) is 14.2 Å². The summed E-state index contributed by atoms with van der Waals surface area (Å²) in [6.45, 7) is 6.32. The lowest BCUT2D eigenvalue weighted by atomic mass is 9.95. The van der Waals surface area contributed by atoms with Crippen LogP contribution in [0.3, 0.4) is 0 Å². The Bertz CT molecular complexity index is 793. The number of esters is 1. The summed E-state index contributed by atoms with van der Waals surface area (Å²) in [4.78, 5) is 24.9. The van der Waals surface area contributed by atoms with Crippen molar-refractivity contribution in [1.82, 2.24) is 10.6 Å². The lowest BCUT2D eigenvalue weighted by Gasteiger charge is -2.29. The van der Waals surface area contributed by atoms with Crippen molar-refractivity contribution < 1.29 is 23.8 Å². The van der Waals surface area contributed by atoms with Crippen LogP contribution in [0.25, 0.3) is 0 Å². The van der Waals surface area contributed by atoms with Crippen molar-refractivity contribution in [2.75, 3.05) is 13.4 Å². The highest BCUT2D eigenvalue weighted by molar-refractivity contribution is 9.10. The third-order valence-electron chi connectivity index (χ3n) is 4.57. The lowest BCUT2D eigenvalue weighted by Crippen LogP contribution is -2.45. The number of hydrogen-bond donors (Lipinski definition) is 2. The second kappa shape index (κ2) is 8.21. The van der Waals surface area contributed by atoms with E-state index < -0.39 is 12.0 Å². The maximum Gasteiger partial charge on any atom is 0.338 e. The molecule has 0 saturated carbocycles. The minimum atomic E-state index is -0.656. The van der Waals surface area contributed by atoms with E-state index in [0.717, 1.165) is 12.8 Å². The molecule has 8 heteroatoms. The number of benzene rings is 1. The molecule has 0 spiro atoms. The standard InChI is InChI=1S/C19H23BrN2O5/c1-4-5-10(2)8-25-18(23)16-11(3)21-19(24)22-17(16)12-6-14-15(7-13(12)20)27-9-26-14/h6-7,10,17H,4-5,8-9H2,1-3H3,(H2,21,22,24)/t10-,17+/m0/s1. The summed E-state index contributed by atoms with van der Waals surface area (Å²) in [6.07, 6.45) is 2.02. The number of nitrogens with one attached hydrogen (secondary N) is 2. The number of ether oxygens (including phenoxy) is 3. The summed E-state index contributed by atoms with van der Waals surface area (Å²) in [5, 5.41) is 5.46. The molecule has 0 radical (unpaired) electrons. The Morgan fingerprint density at radius 1 is 1.37 bits per heavy atom. The Kier molecular flexibility index (Phi) is 5.94. The van der Waals surface area contributed by atoms with E-state index in [1.807, 2.05) is 6.92 Å². The average molecular weight is 439 g/mol. The molecular formula is C19H23BrN2O5. The normalized spacial score (nSPS) is 19.4. The maximum atomic E-state index is 12.8. The van der Waals surface area contributed by atoms with Gasteiger partial charge in [0.1, 0.15) is 0 Å². The molecule has 27 heavy (non-hydrogen) atoms. The lowest BCUT2D eigenvalue weighted by molar-refractivity contribution is -0.140. The van der Waals surface area contributed by atoms with Crippen molar-refractivity contribution in [2.45, 2.75) is 39.7 Å². The van der Waals surface area contributed by atoms with Crippen LogP contribution >= 0.6 is 15.9 Å². The van der Waals surface area contributed by atoms with Crippen molar-refractivity contribution in [1.29, 1.82) is 0 Å². The van der Waals surface area contributed by atoms with Crippen molar-refractivity contribution in [3.05, 3.63) is 33.4 Å². The quantitative estimate of drug-likeness (QED) is 0.659. The maximum absolute atomic E-state index is 12.8. The number of hydrogen-bond acceptors (Lipinski definition) is 5. The van der Waals surface area contributed by atoms with Crippen LogP contribution in [0.15, 0.2) is 27.9 Å². The third kappa shape index (κ3) is 4.21. The van der Waals surface area contributed by atoms with Crippen LogP contribution in [0.1, 0.15) is 45.2 Å². The van der Waals surface area contributed by atoms with Crippen LogP contribution in [0.5, 0.6) is 11.5 Å². The van der Waals surface area contributed by atoms with Gasteiger partial charge in [-0.1, -0.05) is 36.2 Å². The fraction of sp³-hybridized carbons (Fsp3) is 0.474. The van der Waals surface area contributed by atoms with Crippen molar-refractivity contribution >= 4 is 27.9 Å². The summed E-state index contributed by atoms with van der Waals surface area (Å²) < 4.78 is 17.0. The van der Waals surface area contributed by atoms with Gasteiger partial charge in [0.15, 0.2) is 11.5 Å². The van der Waals surface area contributed by atoms with Gasteiger partial charge in [0.25, 0.3) is 0 Å². The first-order valence-corrected chi connectivity index (χ1v) is 9.74. The summed E-state index contributed by atoms with van der Waals surface area (Å²) in [7, 11) is 0. The Morgan fingerprint density at radius 3 is 2.78 bits per heavy atom. The number of allylic oxidation sites excluding steroid dienone is 1. The summed E-state index contributed by atoms with van der Waals surface area (Å²) in [5.74, 6) is 1.02. The van der Waals surface area contributed by atoms with Gasteiger partial charge >= 0.3 is 12.0 Å². The molecule has 2 heterocycles. The van der Waals surface area contributed by atoms with Gasteiger partial charge in [0.05, 0.1) is 18.2 Å². The number of urea groups is 1. The van der Waals surface area contributed by atoms with Gasteiger partial charge in [-0.05, 0) is 37.0 Å². The molecule has 2 atom stereocenters. The molecule has 1 aromatic carbocycles. The Balaban J connectivity index is 1.89. The van der Waals surface area contributed by atoms with Crippen LogP contribution in [-0.2, 0) is 9.53 Å². The molecular weight excluding hydrogens is 416 g/mol. The zero-order valence-corrected chi connectivity index (χ0v) is 17.1. The topological polar surface area (TPSA) is 85.9 Å². The minimum absolute atomic E-state index is 0.142. The second-order valence-corrected chi connectivity index (χ2v) is 7.64. The Morgan fingerprint density at radius 2 is 2.07 bits per heavy atom. The molecule has 2 amide bonds. The first-order chi connectivity index (χ1) is 12.9. The molecule has 1 aromatic rings. The number of rotatable bonds is 6. The van der Waals surface area contributed by atoms with Gasteiger partial charge in [-0.2, -0.15) is 0 Å². The SMILES string of the molecule is CCC[C@H](C)COC(=O)C1=C(C)NC(=O)N[C@@H]1c1cc2c(cc1Br)OCO2. The largest absolute Gasteiger partial charge is 0.462 e. The number of carbonyl (C=O) groups excluding carboxylic acids is 2. The van der Waals surface area contributed by atoms with Gasteiger partial charge in [-0.3, -0.25) is 0 Å². The molecule has 0 aliphatic carbocycles. The van der Waals surface area contributed by atoms with Gasteiger partial charge in [0, 0.05) is 10.2 Å². The molecule has 3 rings (SSSR count). The zero-order valence-electron chi connectivity index (χ0n) is 15.6. The fourth-order valence-corrected chi connectivity index (χ4v) is 3.77. The first kappa shape index (κ1) is 19.5. The number of amides is 2. The summed E-state index contributed by atoms with van der Waals surface area (Å²) in [6, 6.07) is 2.51. The van der Waals surface area contributed by atoms with E-state index in [9.17, 15) is 9.59 Å². The van der Waals surface area contributed by atoms with Crippen molar-refractivity contribution in [2.24, 2.45) is 5.92 Å². The molecule has 0 aromatic heterocycles.